The SMILES string of the molecule is Cc1csc2c(=O)n(CC(C)(C)CS)cnc12. The average molecular weight is 268 g/mol. The van der Waals surface area contributed by atoms with Crippen molar-refractivity contribution >= 4 is 34.2 Å². The Bertz CT molecular complexity index is 598. The van der Waals surface area contributed by atoms with Gasteiger partial charge in [-0.25, -0.2) is 4.98 Å². The zero-order valence-electron chi connectivity index (χ0n) is 10.2. The lowest BCUT2D eigenvalue weighted by atomic mass is 9.96. The van der Waals surface area contributed by atoms with Crippen LogP contribution < -0.4 is 5.56 Å². The number of hydrogen-bond donors (Lipinski definition) is 1. The van der Waals surface area contributed by atoms with E-state index in [0.717, 1.165) is 21.5 Å². The molecule has 0 amide bonds. The van der Waals surface area contributed by atoms with E-state index in [9.17, 15) is 4.79 Å². The normalized spacial score (nSPS) is 12.2. The first-order valence-electron chi connectivity index (χ1n) is 5.49. The van der Waals surface area contributed by atoms with E-state index in [1.807, 2.05) is 12.3 Å². The number of aromatic nitrogens is 2. The van der Waals surface area contributed by atoms with Crippen LogP contribution in [0.25, 0.3) is 10.2 Å². The molecule has 0 bridgehead atoms. The van der Waals surface area contributed by atoms with Crippen LogP contribution in [0.15, 0.2) is 16.5 Å². The monoisotopic (exact) mass is 268 g/mol. The van der Waals surface area contributed by atoms with Gasteiger partial charge in [0.15, 0.2) is 0 Å². The number of thiophene rings is 1. The molecule has 0 aliphatic rings. The summed E-state index contributed by atoms with van der Waals surface area (Å²) in [6.45, 7) is 6.81. The summed E-state index contributed by atoms with van der Waals surface area (Å²) in [5, 5.41) is 1.98. The van der Waals surface area contributed by atoms with Gasteiger partial charge in [-0.3, -0.25) is 9.36 Å². The van der Waals surface area contributed by atoms with Gasteiger partial charge in [-0.15, -0.1) is 11.3 Å². The zero-order valence-corrected chi connectivity index (χ0v) is 11.9. The van der Waals surface area contributed by atoms with Gasteiger partial charge in [-0.2, -0.15) is 12.6 Å². The minimum atomic E-state index is -0.00536. The Hall–Kier alpha value is -0.810. The van der Waals surface area contributed by atoms with Crippen LogP contribution in [0.3, 0.4) is 0 Å². The largest absolute Gasteiger partial charge is 0.297 e. The maximum absolute atomic E-state index is 12.2. The summed E-state index contributed by atoms with van der Waals surface area (Å²) in [7, 11) is 0. The molecular formula is C12H16N2OS2. The Morgan fingerprint density at radius 3 is 2.88 bits per heavy atom. The van der Waals surface area contributed by atoms with Gasteiger partial charge in [0, 0.05) is 6.54 Å². The van der Waals surface area contributed by atoms with Crippen LogP contribution in [-0.2, 0) is 6.54 Å². The van der Waals surface area contributed by atoms with E-state index >= 15 is 0 Å². The summed E-state index contributed by atoms with van der Waals surface area (Å²) in [6, 6.07) is 0. The topological polar surface area (TPSA) is 34.9 Å². The highest BCUT2D eigenvalue weighted by Crippen LogP contribution is 2.22. The number of hydrogen-bond acceptors (Lipinski definition) is 4. The van der Waals surface area contributed by atoms with Gasteiger partial charge in [0.1, 0.15) is 4.70 Å². The quantitative estimate of drug-likeness (QED) is 0.869. The molecule has 0 radical (unpaired) electrons. The molecule has 0 aliphatic carbocycles. The van der Waals surface area contributed by atoms with Crippen molar-refractivity contribution in [3.8, 4) is 0 Å². The summed E-state index contributed by atoms with van der Waals surface area (Å²) < 4.78 is 2.44. The van der Waals surface area contributed by atoms with Crippen molar-refractivity contribution in [2.75, 3.05) is 5.75 Å². The molecule has 2 aromatic heterocycles. The third-order valence-electron chi connectivity index (χ3n) is 2.75. The molecule has 0 aromatic carbocycles. The lowest BCUT2D eigenvalue weighted by Gasteiger charge is -2.22. The Labute approximate surface area is 110 Å². The molecule has 3 nitrogen and oxygen atoms in total. The van der Waals surface area contributed by atoms with Crippen LogP contribution in [0.4, 0.5) is 0 Å². The molecule has 0 fully saturated rings. The molecule has 92 valence electrons. The third-order valence-corrected chi connectivity index (χ3v) is 4.68. The molecule has 0 spiro atoms. The standard InChI is InChI=1S/C12H16N2OS2/c1-8-4-17-10-9(8)13-7-14(11(10)15)5-12(2,3)6-16/h4,7,16H,5-6H2,1-3H3. The van der Waals surface area contributed by atoms with Crippen molar-refractivity contribution in [2.24, 2.45) is 5.41 Å². The lowest BCUT2D eigenvalue weighted by Crippen LogP contribution is -2.29. The Balaban J connectivity index is 2.50. The highest BCUT2D eigenvalue weighted by molar-refractivity contribution is 7.80. The first-order chi connectivity index (χ1) is 7.94. The molecule has 17 heavy (non-hydrogen) atoms. The van der Waals surface area contributed by atoms with Crippen molar-refractivity contribution in [3.63, 3.8) is 0 Å². The second kappa shape index (κ2) is 4.46. The van der Waals surface area contributed by atoms with Crippen molar-refractivity contribution in [2.45, 2.75) is 27.3 Å². The van der Waals surface area contributed by atoms with E-state index in [0.29, 0.717) is 6.54 Å². The number of thiol groups is 1. The Morgan fingerprint density at radius 2 is 2.24 bits per heavy atom. The van der Waals surface area contributed by atoms with Crippen LogP contribution >= 0.6 is 24.0 Å². The van der Waals surface area contributed by atoms with Gasteiger partial charge < -0.3 is 0 Å². The second-order valence-corrected chi connectivity index (χ2v) is 6.29. The zero-order chi connectivity index (χ0) is 12.6. The molecular weight excluding hydrogens is 252 g/mol. The Morgan fingerprint density at radius 1 is 1.53 bits per heavy atom. The van der Waals surface area contributed by atoms with Gasteiger partial charge in [-0.1, -0.05) is 13.8 Å². The van der Waals surface area contributed by atoms with Gasteiger partial charge in [0.25, 0.3) is 5.56 Å². The van der Waals surface area contributed by atoms with E-state index in [1.54, 1.807) is 10.9 Å². The van der Waals surface area contributed by atoms with Crippen molar-refractivity contribution < 1.29 is 0 Å². The maximum atomic E-state index is 12.2. The maximum Gasteiger partial charge on any atom is 0.271 e. The summed E-state index contributed by atoms with van der Waals surface area (Å²) in [5.74, 6) is 0.737. The number of nitrogens with zero attached hydrogens (tertiary/aromatic N) is 2. The van der Waals surface area contributed by atoms with E-state index in [1.165, 1.54) is 11.3 Å². The highest BCUT2D eigenvalue weighted by atomic mass is 32.1. The van der Waals surface area contributed by atoms with Crippen LogP contribution in [-0.4, -0.2) is 15.3 Å². The van der Waals surface area contributed by atoms with Crippen LogP contribution in [0, 0.1) is 12.3 Å². The Kier molecular flexibility index (Phi) is 3.32. The summed E-state index contributed by atoms with van der Waals surface area (Å²) in [5.41, 5.74) is 1.96. The van der Waals surface area contributed by atoms with Gasteiger partial charge in [0.2, 0.25) is 0 Å². The van der Waals surface area contributed by atoms with Gasteiger partial charge in [0.05, 0.1) is 11.8 Å². The third kappa shape index (κ3) is 2.40. The van der Waals surface area contributed by atoms with E-state index in [4.69, 9.17) is 0 Å². The van der Waals surface area contributed by atoms with Gasteiger partial charge in [-0.05, 0) is 29.0 Å². The summed E-state index contributed by atoms with van der Waals surface area (Å²) in [6.07, 6.45) is 1.65. The fourth-order valence-electron chi connectivity index (χ4n) is 1.68. The lowest BCUT2D eigenvalue weighted by molar-refractivity contribution is 0.346. The molecule has 0 saturated heterocycles. The molecule has 0 atom stereocenters. The molecule has 0 N–H and O–H groups in total. The molecule has 2 heterocycles. The number of aryl methyl sites for hydroxylation is 1. The molecule has 0 unspecified atom stereocenters. The van der Waals surface area contributed by atoms with Crippen LogP contribution in [0.5, 0.6) is 0 Å². The predicted molar refractivity (Wildman–Crippen MR) is 76.3 cm³/mol. The van der Waals surface area contributed by atoms with E-state index in [2.05, 4.69) is 31.5 Å². The van der Waals surface area contributed by atoms with E-state index < -0.39 is 0 Å². The van der Waals surface area contributed by atoms with Crippen molar-refractivity contribution in [1.29, 1.82) is 0 Å². The first kappa shape index (κ1) is 12.6. The van der Waals surface area contributed by atoms with Gasteiger partial charge >= 0.3 is 0 Å². The fraction of sp³-hybridized carbons (Fsp3) is 0.500. The van der Waals surface area contributed by atoms with Crippen LogP contribution in [0.1, 0.15) is 19.4 Å². The predicted octanol–water partition coefficient (Wildman–Crippen LogP) is 2.72. The summed E-state index contributed by atoms with van der Waals surface area (Å²) in [4.78, 5) is 16.6. The molecule has 5 heteroatoms. The van der Waals surface area contributed by atoms with Crippen molar-refractivity contribution in [1.82, 2.24) is 9.55 Å². The minimum Gasteiger partial charge on any atom is -0.297 e. The van der Waals surface area contributed by atoms with E-state index in [-0.39, 0.29) is 11.0 Å². The molecule has 2 rings (SSSR count). The molecule has 0 aliphatic heterocycles. The number of fused-ring (bicyclic) bond motifs is 1. The minimum absolute atomic E-state index is 0.00536. The molecule has 2 aromatic rings. The number of rotatable bonds is 3. The van der Waals surface area contributed by atoms with Crippen LogP contribution in [0.2, 0.25) is 0 Å². The highest BCUT2D eigenvalue weighted by Gasteiger charge is 2.18. The smallest absolute Gasteiger partial charge is 0.271 e. The first-order valence-corrected chi connectivity index (χ1v) is 7.00. The second-order valence-electron chi connectivity index (χ2n) is 5.10. The van der Waals surface area contributed by atoms with Crippen molar-refractivity contribution in [3.05, 3.63) is 27.6 Å². The average Bonchev–Trinajstić information content (AvgIpc) is 2.65. The fourth-order valence-corrected chi connectivity index (χ4v) is 2.73. The molecule has 0 saturated carbocycles. The summed E-state index contributed by atoms with van der Waals surface area (Å²) >= 11 is 5.78.